The molecule has 1 amide bonds. The standard InChI is InChI=1S/C40H39FN6O6/c1-45-17-19-46(20-18-45)16-5-21-52-37-25-33-30(24-36(37)51-3)34(13-15-42-33)53-35-12-7-27(23-32(35)41)44-39(48)31-22-26-6-4-14-43-38(26)47(40(31)49)28-8-10-29(50-2)11-9-28/h4,6-15,22-25H,5,16-21H2,1-3H3,(H,44,48). The number of fused-ring (bicyclic) bond motifs is 2. The lowest BCUT2D eigenvalue weighted by atomic mass is 10.1. The van der Waals surface area contributed by atoms with Crippen LogP contribution in [0, 0.1) is 5.82 Å². The number of nitrogens with zero attached hydrogens (tertiary/aromatic N) is 5. The molecule has 1 aliphatic rings. The van der Waals surface area contributed by atoms with Crippen LogP contribution in [0.25, 0.3) is 27.6 Å². The second-order valence-electron chi connectivity index (χ2n) is 12.7. The predicted molar refractivity (Wildman–Crippen MR) is 201 cm³/mol. The summed E-state index contributed by atoms with van der Waals surface area (Å²) < 4.78 is 39.9. The van der Waals surface area contributed by atoms with Gasteiger partial charge in [0.2, 0.25) is 0 Å². The van der Waals surface area contributed by atoms with Crippen molar-refractivity contribution in [3.8, 4) is 34.4 Å². The van der Waals surface area contributed by atoms with Crippen LogP contribution in [0.15, 0.2) is 96.1 Å². The van der Waals surface area contributed by atoms with Crippen LogP contribution in [-0.4, -0.2) is 90.8 Å². The molecule has 0 atom stereocenters. The highest BCUT2D eigenvalue weighted by molar-refractivity contribution is 6.05. The van der Waals surface area contributed by atoms with Gasteiger partial charge >= 0.3 is 0 Å². The SMILES string of the molecule is COc1ccc(-n2c(=O)c(C(=O)Nc3ccc(Oc4ccnc5cc(OCCCN6CCN(C)CC6)c(OC)cc45)c(F)c3)cc3cccnc32)cc1. The van der Waals surface area contributed by atoms with Crippen molar-refractivity contribution in [3.63, 3.8) is 0 Å². The Morgan fingerprint density at radius 2 is 1.66 bits per heavy atom. The maximum atomic E-state index is 15.5. The molecule has 53 heavy (non-hydrogen) atoms. The molecule has 0 bridgehead atoms. The summed E-state index contributed by atoms with van der Waals surface area (Å²) in [7, 11) is 5.25. The molecule has 0 saturated carbocycles. The Labute approximate surface area is 305 Å². The first-order chi connectivity index (χ1) is 25.8. The molecule has 4 heterocycles. The van der Waals surface area contributed by atoms with Gasteiger partial charge in [-0.2, -0.15) is 0 Å². The summed E-state index contributed by atoms with van der Waals surface area (Å²) in [5.74, 6) is 0.531. The predicted octanol–water partition coefficient (Wildman–Crippen LogP) is 6.15. The third kappa shape index (κ3) is 7.76. The van der Waals surface area contributed by atoms with Gasteiger partial charge in [-0.3, -0.25) is 19.1 Å². The highest BCUT2D eigenvalue weighted by Crippen LogP contribution is 2.38. The number of pyridine rings is 3. The second-order valence-corrected chi connectivity index (χ2v) is 12.7. The van der Waals surface area contributed by atoms with Gasteiger partial charge in [-0.1, -0.05) is 0 Å². The maximum Gasteiger partial charge on any atom is 0.269 e. The van der Waals surface area contributed by atoms with Crippen molar-refractivity contribution in [3.05, 3.63) is 113 Å². The lowest BCUT2D eigenvalue weighted by Gasteiger charge is -2.32. The Hall–Kier alpha value is -6.05. The van der Waals surface area contributed by atoms with Gasteiger partial charge in [0, 0.05) is 73.7 Å². The number of rotatable bonds is 12. The topological polar surface area (TPSA) is 120 Å². The van der Waals surface area contributed by atoms with E-state index < -0.39 is 17.3 Å². The van der Waals surface area contributed by atoms with Gasteiger partial charge in [-0.25, -0.2) is 9.37 Å². The minimum atomic E-state index is -0.724. The largest absolute Gasteiger partial charge is 0.497 e. The molecule has 0 spiro atoms. The molecule has 13 heteroatoms. The molecule has 0 radical (unpaired) electrons. The number of piperazine rings is 1. The number of benzene rings is 3. The molecule has 1 aliphatic heterocycles. The average Bonchev–Trinajstić information content (AvgIpc) is 3.18. The van der Waals surface area contributed by atoms with Crippen molar-refractivity contribution in [2.24, 2.45) is 0 Å². The Balaban J connectivity index is 1.07. The Morgan fingerprint density at radius 3 is 2.42 bits per heavy atom. The zero-order valence-electron chi connectivity index (χ0n) is 29.7. The molecule has 3 aromatic carbocycles. The quantitative estimate of drug-likeness (QED) is 0.148. The summed E-state index contributed by atoms with van der Waals surface area (Å²) in [5, 5.41) is 3.83. The van der Waals surface area contributed by atoms with Crippen LogP contribution < -0.4 is 29.8 Å². The lowest BCUT2D eigenvalue weighted by Crippen LogP contribution is -2.44. The van der Waals surface area contributed by atoms with Crippen LogP contribution in [-0.2, 0) is 0 Å². The van der Waals surface area contributed by atoms with Crippen molar-refractivity contribution in [2.75, 3.05) is 65.9 Å². The zero-order chi connectivity index (χ0) is 36.9. The summed E-state index contributed by atoms with van der Waals surface area (Å²) >= 11 is 0. The van der Waals surface area contributed by atoms with Crippen molar-refractivity contribution in [1.82, 2.24) is 24.3 Å². The van der Waals surface area contributed by atoms with Crippen LogP contribution in [0.5, 0.6) is 28.7 Å². The first-order valence-electron chi connectivity index (χ1n) is 17.3. The van der Waals surface area contributed by atoms with Gasteiger partial charge in [0.05, 0.1) is 32.0 Å². The van der Waals surface area contributed by atoms with Gasteiger partial charge in [-0.05, 0) is 80.2 Å². The van der Waals surface area contributed by atoms with E-state index in [1.807, 2.05) is 0 Å². The van der Waals surface area contributed by atoms with E-state index in [4.69, 9.17) is 18.9 Å². The number of ether oxygens (including phenoxy) is 4. The monoisotopic (exact) mass is 718 g/mol. The van der Waals surface area contributed by atoms with E-state index in [0.29, 0.717) is 57.2 Å². The third-order valence-corrected chi connectivity index (χ3v) is 9.21. The molecule has 272 valence electrons. The average molecular weight is 719 g/mol. The number of hydrogen-bond donors (Lipinski definition) is 1. The van der Waals surface area contributed by atoms with Crippen LogP contribution in [0.4, 0.5) is 10.1 Å². The first-order valence-corrected chi connectivity index (χ1v) is 17.3. The van der Waals surface area contributed by atoms with Gasteiger partial charge < -0.3 is 34.1 Å². The molecule has 6 aromatic rings. The van der Waals surface area contributed by atoms with Gasteiger partial charge in [0.25, 0.3) is 11.5 Å². The number of halogens is 1. The number of carbonyl (C=O) groups is 1. The highest BCUT2D eigenvalue weighted by Gasteiger charge is 2.20. The molecular weight excluding hydrogens is 679 g/mol. The van der Waals surface area contributed by atoms with E-state index in [1.165, 1.54) is 22.8 Å². The normalized spacial score (nSPS) is 13.6. The number of amides is 1. The maximum absolute atomic E-state index is 15.5. The summed E-state index contributed by atoms with van der Waals surface area (Å²) in [4.78, 5) is 40.8. The van der Waals surface area contributed by atoms with Crippen LogP contribution in [0.2, 0.25) is 0 Å². The van der Waals surface area contributed by atoms with E-state index in [9.17, 15) is 9.59 Å². The molecule has 1 fully saturated rings. The first kappa shape index (κ1) is 35.4. The van der Waals surface area contributed by atoms with Crippen molar-refractivity contribution in [2.45, 2.75) is 6.42 Å². The molecule has 0 unspecified atom stereocenters. The molecule has 3 aromatic heterocycles. The highest BCUT2D eigenvalue weighted by atomic mass is 19.1. The molecule has 0 aliphatic carbocycles. The van der Waals surface area contributed by atoms with Gasteiger partial charge in [0.15, 0.2) is 23.1 Å². The fraction of sp³-hybridized carbons (Fsp3) is 0.250. The van der Waals surface area contributed by atoms with E-state index in [2.05, 4.69) is 32.1 Å². The lowest BCUT2D eigenvalue weighted by molar-refractivity contribution is 0.102. The molecule has 1 saturated heterocycles. The van der Waals surface area contributed by atoms with Gasteiger partial charge in [0.1, 0.15) is 22.7 Å². The Bertz CT molecular complexity index is 2330. The fourth-order valence-electron chi connectivity index (χ4n) is 6.29. The third-order valence-electron chi connectivity index (χ3n) is 9.21. The van der Waals surface area contributed by atoms with Gasteiger partial charge in [-0.15, -0.1) is 0 Å². The summed E-state index contributed by atoms with van der Waals surface area (Å²) in [5.41, 5.74) is 0.887. The summed E-state index contributed by atoms with van der Waals surface area (Å²) in [6.45, 7) is 5.73. The summed E-state index contributed by atoms with van der Waals surface area (Å²) in [6.07, 6.45) is 4.02. The number of nitrogens with one attached hydrogen (secondary N) is 1. The zero-order valence-corrected chi connectivity index (χ0v) is 29.7. The van der Waals surface area contributed by atoms with E-state index in [0.717, 1.165) is 45.2 Å². The van der Waals surface area contributed by atoms with E-state index in [-0.39, 0.29) is 17.0 Å². The number of likely N-dealkylation sites (N-methyl/N-ethyl adjacent to an activating group) is 1. The van der Waals surface area contributed by atoms with Crippen molar-refractivity contribution >= 4 is 33.5 Å². The van der Waals surface area contributed by atoms with Crippen molar-refractivity contribution in [1.29, 1.82) is 0 Å². The van der Waals surface area contributed by atoms with E-state index in [1.54, 1.807) is 81.2 Å². The smallest absolute Gasteiger partial charge is 0.269 e. The molecular formula is C40H39FN6O6. The number of anilines is 1. The fourth-order valence-corrected chi connectivity index (χ4v) is 6.29. The minimum absolute atomic E-state index is 0.0719. The molecule has 1 N–H and O–H groups in total. The number of aromatic nitrogens is 3. The van der Waals surface area contributed by atoms with Crippen LogP contribution in [0.3, 0.4) is 0 Å². The van der Waals surface area contributed by atoms with Crippen LogP contribution >= 0.6 is 0 Å². The molecule has 7 rings (SSSR count). The van der Waals surface area contributed by atoms with E-state index >= 15 is 4.39 Å². The summed E-state index contributed by atoms with van der Waals surface area (Å²) in [6, 6.07) is 21.0. The second kappa shape index (κ2) is 15.7. The number of carbonyl (C=O) groups excluding carboxylic acids is 1. The molecule has 12 nitrogen and oxygen atoms in total. The minimum Gasteiger partial charge on any atom is -0.497 e. The Morgan fingerprint density at radius 1 is 0.849 bits per heavy atom. The number of hydrogen-bond acceptors (Lipinski definition) is 10. The van der Waals surface area contributed by atoms with Crippen LogP contribution in [0.1, 0.15) is 16.8 Å². The van der Waals surface area contributed by atoms with Crippen molar-refractivity contribution < 1.29 is 28.1 Å². The Kier molecular flexibility index (Phi) is 10.5. The number of methoxy groups -OCH3 is 2.